The Hall–Kier alpha value is -1.41. The van der Waals surface area contributed by atoms with Crippen molar-refractivity contribution in [3.63, 3.8) is 0 Å². The number of fused-ring (bicyclic) bond motifs is 2. The fourth-order valence-electron chi connectivity index (χ4n) is 5.56. The highest BCUT2D eigenvalue weighted by Gasteiger charge is 2.69. The zero-order valence-electron chi connectivity index (χ0n) is 15.9. The lowest BCUT2D eigenvalue weighted by Gasteiger charge is -2.59. The molecule has 2 bridgehead atoms. The van der Waals surface area contributed by atoms with Crippen molar-refractivity contribution in [1.82, 2.24) is 0 Å². The van der Waals surface area contributed by atoms with Crippen LogP contribution < -0.4 is 0 Å². The van der Waals surface area contributed by atoms with Crippen LogP contribution in [0.15, 0.2) is 22.8 Å². The lowest BCUT2D eigenvalue weighted by atomic mass is 9.58. The van der Waals surface area contributed by atoms with Crippen LogP contribution in [0.3, 0.4) is 0 Å². The van der Waals surface area contributed by atoms with E-state index in [0.717, 1.165) is 25.7 Å². The van der Waals surface area contributed by atoms with Gasteiger partial charge < -0.3 is 18.6 Å². The van der Waals surface area contributed by atoms with Crippen LogP contribution in [0.1, 0.15) is 57.0 Å². The number of carbonyl (C=O) groups excluding carboxylic acids is 1. The molecule has 1 saturated carbocycles. The fourth-order valence-corrected chi connectivity index (χ4v) is 5.56. The van der Waals surface area contributed by atoms with Gasteiger partial charge in [0, 0.05) is 18.3 Å². The molecule has 1 aromatic heterocycles. The summed E-state index contributed by atoms with van der Waals surface area (Å²) in [6.07, 6.45) is 3.89. The highest BCUT2D eigenvalue weighted by Crippen LogP contribution is 2.60. The topological polar surface area (TPSA) is 76.4 Å². The summed E-state index contributed by atoms with van der Waals surface area (Å²) in [7, 11) is 0. The molecule has 0 unspecified atom stereocenters. The second kappa shape index (κ2) is 6.04. The van der Waals surface area contributed by atoms with Crippen molar-refractivity contribution >= 4 is 5.97 Å². The van der Waals surface area contributed by atoms with Crippen LogP contribution in [-0.4, -0.2) is 29.9 Å². The van der Waals surface area contributed by atoms with Crippen LogP contribution in [0, 0.1) is 23.7 Å². The summed E-state index contributed by atoms with van der Waals surface area (Å²) in [5.41, 5.74) is -0.652. The molecule has 0 aromatic carbocycles. The average Bonchev–Trinajstić information content (AvgIpc) is 3.09. The molecule has 148 valence electrons. The van der Waals surface area contributed by atoms with E-state index in [2.05, 4.69) is 6.92 Å². The highest BCUT2D eigenvalue weighted by molar-refractivity contribution is 5.86. The van der Waals surface area contributed by atoms with Crippen LogP contribution in [0.25, 0.3) is 0 Å². The Morgan fingerprint density at radius 1 is 1.19 bits per heavy atom. The minimum absolute atomic E-state index is 0.0511. The van der Waals surface area contributed by atoms with Crippen molar-refractivity contribution in [2.24, 2.45) is 23.7 Å². The van der Waals surface area contributed by atoms with Gasteiger partial charge in [0.25, 0.3) is 0 Å². The number of ether oxygens (including phenoxy) is 3. The first-order chi connectivity index (χ1) is 12.9. The van der Waals surface area contributed by atoms with Crippen molar-refractivity contribution in [3.8, 4) is 0 Å². The van der Waals surface area contributed by atoms with Crippen molar-refractivity contribution in [3.05, 3.63) is 24.2 Å². The van der Waals surface area contributed by atoms with E-state index in [9.17, 15) is 4.79 Å². The smallest absolute Gasteiger partial charge is 0.376 e. The number of furan rings is 1. The molecule has 0 radical (unpaired) electrons. The zero-order valence-corrected chi connectivity index (χ0v) is 15.9. The van der Waals surface area contributed by atoms with Gasteiger partial charge in [0.15, 0.2) is 11.9 Å². The third-order valence-corrected chi connectivity index (χ3v) is 7.04. The van der Waals surface area contributed by atoms with Crippen LogP contribution in [-0.2, 0) is 24.0 Å². The van der Waals surface area contributed by atoms with Gasteiger partial charge in [-0.25, -0.2) is 14.6 Å². The summed E-state index contributed by atoms with van der Waals surface area (Å²) in [6, 6.07) is 3.24. The quantitative estimate of drug-likeness (QED) is 0.574. The van der Waals surface area contributed by atoms with Gasteiger partial charge in [0.2, 0.25) is 17.8 Å². The van der Waals surface area contributed by atoms with Crippen molar-refractivity contribution < 1.29 is 33.2 Å². The Morgan fingerprint density at radius 3 is 2.81 bits per heavy atom. The summed E-state index contributed by atoms with van der Waals surface area (Å²) in [4.78, 5) is 24.3. The Morgan fingerprint density at radius 2 is 2.04 bits per heavy atom. The maximum atomic E-state index is 12.4. The van der Waals surface area contributed by atoms with Gasteiger partial charge >= 0.3 is 5.97 Å². The first kappa shape index (κ1) is 17.7. The van der Waals surface area contributed by atoms with Gasteiger partial charge in [-0.1, -0.05) is 13.8 Å². The lowest BCUT2D eigenvalue weighted by molar-refractivity contribution is -0.576. The third kappa shape index (κ3) is 2.52. The molecule has 7 heteroatoms. The maximum Gasteiger partial charge on any atom is 0.376 e. The molecular weight excluding hydrogens is 352 g/mol. The molecule has 5 heterocycles. The molecule has 0 N–H and O–H groups in total. The van der Waals surface area contributed by atoms with E-state index in [1.165, 1.54) is 6.26 Å². The monoisotopic (exact) mass is 378 g/mol. The second-order valence-corrected chi connectivity index (χ2v) is 8.66. The van der Waals surface area contributed by atoms with E-state index >= 15 is 0 Å². The Balaban J connectivity index is 1.47. The standard InChI is InChI=1S/C20H26O7/c1-11-6-7-14-12(2)17(23-16(21)15-5-4-10-22-15)24-18-20(14)13(11)8-9-19(3,25-18)26-27-20/h4-5,10-14,17-18H,6-9H2,1-3H3/t11-,12-,13+,14-,17+,18-,19-,20-/m1/s1. The summed E-state index contributed by atoms with van der Waals surface area (Å²) in [5, 5.41) is 0. The van der Waals surface area contributed by atoms with Crippen molar-refractivity contribution in [2.45, 2.75) is 70.4 Å². The lowest BCUT2D eigenvalue weighted by Crippen LogP contribution is -2.70. The largest absolute Gasteiger partial charge is 0.457 e. The Labute approximate surface area is 158 Å². The van der Waals surface area contributed by atoms with Gasteiger partial charge in [0.1, 0.15) is 0 Å². The van der Waals surface area contributed by atoms with Crippen molar-refractivity contribution in [2.75, 3.05) is 0 Å². The van der Waals surface area contributed by atoms with Crippen LogP contribution >= 0.6 is 0 Å². The molecule has 7 nitrogen and oxygen atoms in total. The highest BCUT2D eigenvalue weighted by atomic mass is 17.3. The van der Waals surface area contributed by atoms with Gasteiger partial charge in [-0.05, 0) is 50.2 Å². The summed E-state index contributed by atoms with van der Waals surface area (Å²) in [6.45, 7) is 6.19. The average molecular weight is 378 g/mol. The normalized spacial score (nSPS) is 48.6. The molecule has 1 aliphatic carbocycles. The SMILES string of the molecule is C[C@H]1[C@@H](OC(=O)c2ccco2)O[C@@H]2O[C@@]3(C)CC[C@H]4[C@H](C)CC[C@H]1[C@@]24OO3. The summed E-state index contributed by atoms with van der Waals surface area (Å²) < 4.78 is 23.3. The number of hydrogen-bond donors (Lipinski definition) is 0. The molecule has 8 atom stereocenters. The molecule has 4 saturated heterocycles. The van der Waals surface area contributed by atoms with Gasteiger partial charge in [-0.3, -0.25) is 0 Å². The van der Waals surface area contributed by atoms with E-state index in [-0.39, 0.29) is 23.5 Å². The van der Waals surface area contributed by atoms with E-state index < -0.39 is 29.9 Å². The number of rotatable bonds is 2. The fraction of sp³-hybridized carbons (Fsp3) is 0.750. The minimum Gasteiger partial charge on any atom is -0.457 e. The van der Waals surface area contributed by atoms with Crippen LogP contribution in [0.4, 0.5) is 0 Å². The first-order valence-corrected chi connectivity index (χ1v) is 9.87. The molecule has 1 spiro atoms. The number of esters is 1. The second-order valence-electron chi connectivity index (χ2n) is 8.66. The molecule has 4 aliphatic heterocycles. The van der Waals surface area contributed by atoms with E-state index in [1.807, 2.05) is 13.8 Å². The minimum atomic E-state index is -0.840. The predicted molar refractivity (Wildman–Crippen MR) is 91.0 cm³/mol. The number of carbonyl (C=O) groups is 1. The van der Waals surface area contributed by atoms with Gasteiger partial charge in [0.05, 0.1) is 6.26 Å². The summed E-state index contributed by atoms with van der Waals surface area (Å²) in [5.74, 6) is -0.358. The Bertz CT molecular complexity index is 718. The van der Waals surface area contributed by atoms with E-state index in [1.54, 1.807) is 12.1 Å². The molecular formula is C20H26O7. The maximum absolute atomic E-state index is 12.4. The molecule has 1 aromatic rings. The first-order valence-electron chi connectivity index (χ1n) is 9.87. The summed E-state index contributed by atoms with van der Waals surface area (Å²) >= 11 is 0. The molecule has 27 heavy (non-hydrogen) atoms. The zero-order chi connectivity index (χ0) is 18.8. The van der Waals surface area contributed by atoms with Crippen LogP contribution in [0.2, 0.25) is 0 Å². The van der Waals surface area contributed by atoms with Crippen molar-refractivity contribution in [1.29, 1.82) is 0 Å². The number of hydrogen-bond acceptors (Lipinski definition) is 7. The third-order valence-electron chi connectivity index (χ3n) is 7.04. The van der Waals surface area contributed by atoms with E-state index in [0.29, 0.717) is 5.92 Å². The van der Waals surface area contributed by atoms with Gasteiger partial charge in [-0.15, -0.1) is 0 Å². The Kier molecular flexibility index (Phi) is 3.95. The predicted octanol–water partition coefficient (Wildman–Crippen LogP) is 3.64. The molecule has 6 rings (SSSR count). The van der Waals surface area contributed by atoms with Gasteiger partial charge in [-0.2, -0.15) is 0 Å². The van der Waals surface area contributed by atoms with E-state index in [4.69, 9.17) is 28.4 Å². The molecule has 5 fully saturated rings. The molecule has 5 aliphatic rings. The van der Waals surface area contributed by atoms with Crippen LogP contribution in [0.5, 0.6) is 0 Å². The molecule has 0 amide bonds.